The van der Waals surface area contributed by atoms with Crippen molar-refractivity contribution in [3.8, 4) is 0 Å². The minimum absolute atomic E-state index is 0.0883. The zero-order valence-corrected chi connectivity index (χ0v) is 12.3. The molecule has 112 valence electrons. The molecule has 0 radical (unpaired) electrons. The summed E-state index contributed by atoms with van der Waals surface area (Å²) in [5, 5.41) is 0. The van der Waals surface area contributed by atoms with Gasteiger partial charge in [-0.3, -0.25) is 4.79 Å². The van der Waals surface area contributed by atoms with Crippen molar-refractivity contribution in [1.29, 1.82) is 0 Å². The first-order valence-corrected chi connectivity index (χ1v) is 7.17. The van der Waals surface area contributed by atoms with Crippen molar-refractivity contribution >= 4 is 11.8 Å². The molecule has 0 aromatic carbocycles. The smallest absolute Gasteiger partial charge is 0.374 e. The highest BCUT2D eigenvalue weighted by molar-refractivity contribution is 5.96. The summed E-state index contributed by atoms with van der Waals surface area (Å²) in [7, 11) is 0. The molecule has 1 aromatic rings. The summed E-state index contributed by atoms with van der Waals surface area (Å²) in [5.74, 6) is 0.0128. The molecule has 4 heteroatoms. The Labute approximate surface area is 124 Å². The van der Waals surface area contributed by atoms with Crippen LogP contribution >= 0.6 is 0 Å². The number of carbonyl (C=O) groups is 2. The molecule has 0 saturated carbocycles. The number of hydrogen-bond donors (Lipinski definition) is 0. The fourth-order valence-electron chi connectivity index (χ4n) is 2.61. The van der Waals surface area contributed by atoms with Crippen LogP contribution in [0.15, 0.2) is 46.6 Å². The summed E-state index contributed by atoms with van der Waals surface area (Å²) in [6.07, 6.45) is 5.99. The SMILES string of the molecule is C=CCC1=C(C)C(COC(=O)c2ccco2)CCCC1=O. The standard InChI is InChI=1S/C17H20O4/c1-3-6-14-12(2)13(7-4-8-15(14)18)11-21-17(19)16-9-5-10-20-16/h3,5,9-10,13H,1,4,6-8,11H2,2H3. The number of allylic oxidation sites excluding steroid dienone is 2. The maximum absolute atomic E-state index is 12.1. The third-order valence-corrected chi connectivity index (χ3v) is 3.87. The van der Waals surface area contributed by atoms with Gasteiger partial charge in [0.1, 0.15) is 0 Å². The van der Waals surface area contributed by atoms with E-state index < -0.39 is 5.97 Å². The zero-order valence-electron chi connectivity index (χ0n) is 12.3. The first-order chi connectivity index (χ1) is 10.1. The number of hydrogen-bond acceptors (Lipinski definition) is 4. The van der Waals surface area contributed by atoms with Crippen molar-refractivity contribution < 1.29 is 18.7 Å². The quantitative estimate of drug-likeness (QED) is 0.612. The topological polar surface area (TPSA) is 56.5 Å². The average Bonchev–Trinajstić information content (AvgIpc) is 2.97. The van der Waals surface area contributed by atoms with Gasteiger partial charge >= 0.3 is 5.97 Å². The molecular formula is C17H20O4. The first-order valence-electron chi connectivity index (χ1n) is 7.17. The lowest BCUT2D eigenvalue weighted by Gasteiger charge is -2.17. The Hall–Kier alpha value is -2.10. The van der Waals surface area contributed by atoms with Gasteiger partial charge in [0.05, 0.1) is 12.9 Å². The largest absolute Gasteiger partial charge is 0.459 e. The summed E-state index contributed by atoms with van der Waals surface area (Å²) >= 11 is 0. The lowest BCUT2D eigenvalue weighted by Crippen LogP contribution is -2.16. The Bertz CT molecular complexity index is 551. The van der Waals surface area contributed by atoms with Crippen molar-refractivity contribution in [2.24, 2.45) is 5.92 Å². The van der Waals surface area contributed by atoms with Crippen LogP contribution in [0.3, 0.4) is 0 Å². The van der Waals surface area contributed by atoms with E-state index in [1.54, 1.807) is 18.2 Å². The second-order valence-electron chi connectivity index (χ2n) is 5.24. The second-order valence-corrected chi connectivity index (χ2v) is 5.24. The van der Waals surface area contributed by atoms with E-state index in [-0.39, 0.29) is 24.1 Å². The van der Waals surface area contributed by atoms with Gasteiger partial charge in [0.15, 0.2) is 5.78 Å². The van der Waals surface area contributed by atoms with Crippen LogP contribution in [0.1, 0.15) is 43.2 Å². The van der Waals surface area contributed by atoms with Crippen LogP contribution in [0.4, 0.5) is 0 Å². The fraction of sp³-hybridized carbons (Fsp3) is 0.412. The number of ketones is 1. The summed E-state index contributed by atoms with van der Waals surface area (Å²) in [6.45, 7) is 5.93. The molecule has 0 bridgehead atoms. The number of Topliss-reactive ketones (excluding diaryl/α,β-unsaturated/α-hetero) is 1. The maximum Gasteiger partial charge on any atom is 0.374 e. The van der Waals surface area contributed by atoms with Gasteiger partial charge in [0.25, 0.3) is 0 Å². The number of carbonyl (C=O) groups excluding carboxylic acids is 2. The Morgan fingerprint density at radius 3 is 3.05 bits per heavy atom. The van der Waals surface area contributed by atoms with Crippen LogP contribution in [-0.4, -0.2) is 18.4 Å². The van der Waals surface area contributed by atoms with E-state index >= 15 is 0 Å². The third kappa shape index (κ3) is 3.72. The van der Waals surface area contributed by atoms with Crippen molar-refractivity contribution in [2.75, 3.05) is 6.61 Å². The van der Waals surface area contributed by atoms with E-state index in [1.807, 2.05) is 6.92 Å². The molecule has 0 spiro atoms. The molecule has 1 atom stereocenters. The molecule has 0 aliphatic heterocycles. The van der Waals surface area contributed by atoms with Crippen LogP contribution in [-0.2, 0) is 9.53 Å². The molecule has 1 heterocycles. The minimum Gasteiger partial charge on any atom is -0.459 e. The molecule has 4 nitrogen and oxygen atoms in total. The van der Waals surface area contributed by atoms with E-state index in [9.17, 15) is 9.59 Å². The molecular weight excluding hydrogens is 268 g/mol. The number of esters is 1. The van der Waals surface area contributed by atoms with Gasteiger partial charge in [0, 0.05) is 12.3 Å². The molecule has 1 aliphatic carbocycles. The lowest BCUT2D eigenvalue weighted by atomic mass is 9.93. The number of furan rings is 1. The normalized spacial score (nSPS) is 19.3. The lowest BCUT2D eigenvalue weighted by molar-refractivity contribution is -0.115. The van der Waals surface area contributed by atoms with Gasteiger partial charge in [-0.25, -0.2) is 4.79 Å². The van der Waals surface area contributed by atoms with Gasteiger partial charge in [-0.05, 0) is 43.9 Å². The molecule has 0 fully saturated rings. The van der Waals surface area contributed by atoms with Crippen LogP contribution in [0, 0.1) is 5.92 Å². The second kappa shape index (κ2) is 7.07. The van der Waals surface area contributed by atoms with Gasteiger partial charge in [-0.1, -0.05) is 11.6 Å². The van der Waals surface area contributed by atoms with E-state index in [2.05, 4.69) is 6.58 Å². The monoisotopic (exact) mass is 288 g/mol. The molecule has 2 rings (SSSR count). The van der Waals surface area contributed by atoms with E-state index in [4.69, 9.17) is 9.15 Å². The molecule has 0 saturated heterocycles. The summed E-state index contributed by atoms with van der Waals surface area (Å²) in [6, 6.07) is 3.22. The minimum atomic E-state index is -0.464. The average molecular weight is 288 g/mol. The van der Waals surface area contributed by atoms with Crippen LogP contribution in [0.25, 0.3) is 0 Å². The highest BCUT2D eigenvalue weighted by Crippen LogP contribution is 2.29. The predicted molar refractivity (Wildman–Crippen MR) is 78.9 cm³/mol. The van der Waals surface area contributed by atoms with Crippen LogP contribution in [0.2, 0.25) is 0 Å². The van der Waals surface area contributed by atoms with Crippen molar-refractivity contribution in [1.82, 2.24) is 0 Å². The van der Waals surface area contributed by atoms with Gasteiger partial charge in [-0.15, -0.1) is 6.58 Å². The van der Waals surface area contributed by atoms with Crippen molar-refractivity contribution in [2.45, 2.75) is 32.6 Å². The van der Waals surface area contributed by atoms with E-state index in [0.717, 1.165) is 24.0 Å². The summed E-state index contributed by atoms with van der Waals surface area (Å²) < 4.78 is 10.3. The zero-order chi connectivity index (χ0) is 15.2. The van der Waals surface area contributed by atoms with Crippen molar-refractivity contribution in [3.05, 3.63) is 48.0 Å². The van der Waals surface area contributed by atoms with E-state index in [0.29, 0.717) is 12.8 Å². The molecule has 21 heavy (non-hydrogen) atoms. The number of ether oxygens (including phenoxy) is 1. The highest BCUT2D eigenvalue weighted by Gasteiger charge is 2.24. The molecule has 0 N–H and O–H groups in total. The van der Waals surface area contributed by atoms with Gasteiger partial charge in [-0.2, -0.15) is 0 Å². The molecule has 1 unspecified atom stereocenters. The molecule has 1 aliphatic rings. The number of rotatable bonds is 5. The van der Waals surface area contributed by atoms with Gasteiger partial charge < -0.3 is 9.15 Å². The Kier molecular flexibility index (Phi) is 5.14. The maximum atomic E-state index is 12.1. The Morgan fingerprint density at radius 1 is 1.57 bits per heavy atom. The van der Waals surface area contributed by atoms with Crippen LogP contribution in [0.5, 0.6) is 0 Å². The Balaban J connectivity index is 2.05. The fourth-order valence-corrected chi connectivity index (χ4v) is 2.61. The molecule has 1 aromatic heterocycles. The van der Waals surface area contributed by atoms with Crippen molar-refractivity contribution in [3.63, 3.8) is 0 Å². The van der Waals surface area contributed by atoms with Gasteiger partial charge in [0.2, 0.25) is 5.76 Å². The first kappa shape index (κ1) is 15.3. The van der Waals surface area contributed by atoms with E-state index in [1.165, 1.54) is 6.26 Å². The Morgan fingerprint density at radius 2 is 2.38 bits per heavy atom. The summed E-state index contributed by atoms with van der Waals surface area (Å²) in [5.41, 5.74) is 1.84. The predicted octanol–water partition coefficient (Wildman–Crippen LogP) is 3.70. The molecule has 0 amide bonds. The summed E-state index contributed by atoms with van der Waals surface area (Å²) in [4.78, 5) is 23.9. The van der Waals surface area contributed by atoms with Crippen LogP contribution < -0.4 is 0 Å². The highest BCUT2D eigenvalue weighted by atomic mass is 16.5. The third-order valence-electron chi connectivity index (χ3n) is 3.87.